The number of halogens is 1. The number of rotatable bonds is 3. The molecule has 4 aromatic rings. The third-order valence-electron chi connectivity index (χ3n) is 4.53. The summed E-state index contributed by atoms with van der Waals surface area (Å²) in [6, 6.07) is 9.49. The molecule has 2 aromatic carbocycles. The van der Waals surface area contributed by atoms with Gasteiger partial charge in [-0.05, 0) is 44.2 Å². The fourth-order valence-electron chi connectivity index (χ4n) is 3.30. The zero-order chi connectivity index (χ0) is 19.1. The van der Waals surface area contributed by atoms with E-state index in [2.05, 4.69) is 26.4 Å². The minimum atomic E-state index is -0.481. The summed E-state index contributed by atoms with van der Waals surface area (Å²) in [7, 11) is 0. The van der Waals surface area contributed by atoms with Crippen molar-refractivity contribution in [2.45, 2.75) is 20.4 Å². The molecular weight excluding hydrogens is 345 g/mol. The largest absolute Gasteiger partial charge is 0.507 e. The Labute approximate surface area is 155 Å². The Hall–Kier alpha value is -3.48. The van der Waals surface area contributed by atoms with E-state index in [-0.39, 0.29) is 17.1 Å². The quantitative estimate of drug-likeness (QED) is 0.576. The zero-order valence-corrected chi connectivity index (χ0v) is 14.9. The van der Waals surface area contributed by atoms with Crippen LogP contribution in [0.1, 0.15) is 12.7 Å². The van der Waals surface area contributed by atoms with Crippen LogP contribution in [0.15, 0.2) is 42.6 Å². The Balaban J connectivity index is 1.95. The molecule has 0 amide bonds. The lowest BCUT2D eigenvalue weighted by molar-refractivity contribution is 0.475. The Kier molecular flexibility index (Phi) is 3.99. The minimum Gasteiger partial charge on any atom is -0.507 e. The number of imidazole rings is 1. The SMILES string of the molecule is CCn1c(C)nc2cc(-c3ncc(N)nc3-c3cc(F)ccc3O)ccc21. The van der Waals surface area contributed by atoms with Crippen molar-refractivity contribution in [3.63, 3.8) is 0 Å². The standard InChI is InChI=1S/C20H18FN5O/c1-3-26-11(2)24-15-8-12(4-6-16(15)26)19-20(25-18(22)10-23-19)14-9-13(21)5-7-17(14)27/h4-10,27H,3H2,1-2H3,(H2,22,25). The molecule has 2 heterocycles. The highest BCUT2D eigenvalue weighted by molar-refractivity contribution is 5.87. The smallest absolute Gasteiger partial charge is 0.142 e. The maximum Gasteiger partial charge on any atom is 0.142 e. The van der Waals surface area contributed by atoms with Gasteiger partial charge in [0.2, 0.25) is 0 Å². The van der Waals surface area contributed by atoms with E-state index in [1.165, 1.54) is 24.4 Å². The molecule has 7 heteroatoms. The molecule has 0 aliphatic rings. The first-order valence-corrected chi connectivity index (χ1v) is 8.56. The van der Waals surface area contributed by atoms with Crippen LogP contribution in [0.25, 0.3) is 33.5 Å². The van der Waals surface area contributed by atoms with Crippen LogP contribution >= 0.6 is 0 Å². The van der Waals surface area contributed by atoms with E-state index in [1.807, 2.05) is 25.1 Å². The van der Waals surface area contributed by atoms with E-state index in [0.29, 0.717) is 11.4 Å². The molecule has 0 fully saturated rings. The van der Waals surface area contributed by atoms with E-state index in [4.69, 9.17) is 5.73 Å². The molecule has 0 saturated carbocycles. The molecule has 0 aliphatic heterocycles. The van der Waals surface area contributed by atoms with Gasteiger partial charge in [-0.3, -0.25) is 4.98 Å². The molecule has 6 nitrogen and oxygen atoms in total. The molecule has 4 rings (SSSR count). The Morgan fingerprint density at radius 3 is 2.70 bits per heavy atom. The number of nitrogens with two attached hydrogens (primary N) is 1. The summed E-state index contributed by atoms with van der Waals surface area (Å²) in [6.07, 6.45) is 1.44. The first-order valence-electron chi connectivity index (χ1n) is 8.56. The van der Waals surface area contributed by atoms with Gasteiger partial charge in [-0.2, -0.15) is 0 Å². The molecule has 0 spiro atoms. The summed E-state index contributed by atoms with van der Waals surface area (Å²) < 4.78 is 15.9. The number of aromatic nitrogens is 4. The van der Waals surface area contributed by atoms with Gasteiger partial charge < -0.3 is 15.4 Å². The molecule has 0 unspecified atom stereocenters. The fraction of sp³-hybridized carbons (Fsp3) is 0.150. The summed E-state index contributed by atoms with van der Waals surface area (Å²) in [5.74, 6) is 0.538. The number of aromatic hydroxyl groups is 1. The monoisotopic (exact) mass is 363 g/mol. The predicted molar refractivity (Wildman–Crippen MR) is 103 cm³/mol. The van der Waals surface area contributed by atoms with E-state index < -0.39 is 5.82 Å². The molecule has 27 heavy (non-hydrogen) atoms. The third-order valence-corrected chi connectivity index (χ3v) is 4.53. The maximum absolute atomic E-state index is 13.8. The minimum absolute atomic E-state index is 0.0928. The van der Waals surface area contributed by atoms with E-state index in [1.54, 1.807) is 0 Å². The van der Waals surface area contributed by atoms with Crippen LogP contribution in [-0.2, 0) is 6.54 Å². The number of phenolic OH excluding ortho intramolecular Hbond substituents is 1. The number of hydrogen-bond acceptors (Lipinski definition) is 5. The molecule has 0 aliphatic carbocycles. The molecule has 0 radical (unpaired) electrons. The van der Waals surface area contributed by atoms with Gasteiger partial charge in [0.15, 0.2) is 0 Å². The number of fused-ring (bicyclic) bond motifs is 1. The lowest BCUT2D eigenvalue weighted by Crippen LogP contribution is -1.99. The zero-order valence-electron chi connectivity index (χ0n) is 14.9. The first kappa shape index (κ1) is 17.0. The summed E-state index contributed by atoms with van der Waals surface area (Å²) in [4.78, 5) is 13.3. The highest BCUT2D eigenvalue weighted by Crippen LogP contribution is 2.36. The second-order valence-electron chi connectivity index (χ2n) is 6.26. The van der Waals surface area contributed by atoms with Crippen molar-refractivity contribution < 1.29 is 9.50 Å². The average molecular weight is 363 g/mol. The summed E-state index contributed by atoms with van der Waals surface area (Å²) >= 11 is 0. The second kappa shape index (κ2) is 6.35. The van der Waals surface area contributed by atoms with Crippen LogP contribution in [-0.4, -0.2) is 24.6 Å². The number of aryl methyl sites for hydroxylation is 2. The second-order valence-corrected chi connectivity index (χ2v) is 6.26. The van der Waals surface area contributed by atoms with Gasteiger partial charge in [-0.1, -0.05) is 6.07 Å². The van der Waals surface area contributed by atoms with Crippen molar-refractivity contribution in [1.82, 2.24) is 19.5 Å². The maximum atomic E-state index is 13.8. The lowest BCUT2D eigenvalue weighted by Gasteiger charge is -2.11. The van der Waals surface area contributed by atoms with Crippen LogP contribution in [0.2, 0.25) is 0 Å². The number of hydrogen-bond donors (Lipinski definition) is 2. The highest BCUT2D eigenvalue weighted by atomic mass is 19.1. The molecule has 3 N–H and O–H groups in total. The number of nitrogens with zero attached hydrogens (tertiary/aromatic N) is 4. The van der Waals surface area contributed by atoms with Gasteiger partial charge in [0.05, 0.1) is 22.9 Å². The van der Waals surface area contributed by atoms with E-state index in [0.717, 1.165) is 29.0 Å². The molecule has 2 aromatic heterocycles. The van der Waals surface area contributed by atoms with Crippen molar-refractivity contribution in [3.8, 4) is 28.3 Å². The highest BCUT2D eigenvalue weighted by Gasteiger charge is 2.17. The van der Waals surface area contributed by atoms with Crippen LogP contribution in [0, 0.1) is 12.7 Å². The van der Waals surface area contributed by atoms with Gasteiger partial charge in [0.1, 0.15) is 28.9 Å². The molecule has 0 saturated heterocycles. The predicted octanol–water partition coefficient (Wildman–Crippen LogP) is 3.92. The molecule has 0 bridgehead atoms. The number of nitrogen functional groups attached to an aromatic ring is 1. The Morgan fingerprint density at radius 1 is 1.11 bits per heavy atom. The van der Waals surface area contributed by atoms with Crippen molar-refractivity contribution in [2.24, 2.45) is 0 Å². The van der Waals surface area contributed by atoms with Crippen LogP contribution < -0.4 is 5.73 Å². The Bertz CT molecular complexity index is 1170. The Morgan fingerprint density at radius 2 is 1.93 bits per heavy atom. The van der Waals surface area contributed by atoms with Crippen LogP contribution in [0.5, 0.6) is 5.75 Å². The number of anilines is 1. The van der Waals surface area contributed by atoms with E-state index in [9.17, 15) is 9.50 Å². The summed E-state index contributed by atoms with van der Waals surface area (Å²) in [5, 5.41) is 10.2. The summed E-state index contributed by atoms with van der Waals surface area (Å²) in [6.45, 7) is 4.85. The van der Waals surface area contributed by atoms with E-state index >= 15 is 0 Å². The van der Waals surface area contributed by atoms with Crippen molar-refractivity contribution in [1.29, 1.82) is 0 Å². The van der Waals surface area contributed by atoms with Crippen LogP contribution in [0.3, 0.4) is 0 Å². The molecule has 136 valence electrons. The van der Waals surface area contributed by atoms with Gasteiger partial charge in [-0.15, -0.1) is 0 Å². The topological polar surface area (TPSA) is 89.9 Å². The average Bonchev–Trinajstić information content (AvgIpc) is 2.97. The van der Waals surface area contributed by atoms with Gasteiger partial charge in [0, 0.05) is 17.7 Å². The fourth-order valence-corrected chi connectivity index (χ4v) is 3.30. The van der Waals surface area contributed by atoms with Gasteiger partial charge in [0.25, 0.3) is 0 Å². The third kappa shape index (κ3) is 2.87. The van der Waals surface area contributed by atoms with Crippen molar-refractivity contribution in [2.75, 3.05) is 5.73 Å². The lowest BCUT2D eigenvalue weighted by atomic mass is 10.0. The van der Waals surface area contributed by atoms with Crippen molar-refractivity contribution >= 4 is 16.9 Å². The van der Waals surface area contributed by atoms with Crippen molar-refractivity contribution in [3.05, 3.63) is 54.2 Å². The van der Waals surface area contributed by atoms with Gasteiger partial charge >= 0.3 is 0 Å². The number of phenols is 1. The first-order chi connectivity index (χ1) is 13.0. The summed E-state index contributed by atoms with van der Waals surface area (Å²) in [5.41, 5.74) is 9.47. The number of benzene rings is 2. The molecular formula is C20H18FN5O. The molecule has 0 atom stereocenters. The van der Waals surface area contributed by atoms with Gasteiger partial charge in [-0.25, -0.2) is 14.4 Å². The normalized spacial score (nSPS) is 11.2. The van der Waals surface area contributed by atoms with Crippen LogP contribution in [0.4, 0.5) is 10.2 Å².